The average Bonchev–Trinajstić information content (AvgIpc) is 2.87. The number of benzene rings is 2. The molecule has 0 amide bonds. The standard InChI is InChI=1S/C26H32/c1-17-7-9-21-20(13-17)14-18(2)22(21)15-19-8-10-23-24(16-19)26(5,6)12-11-25(23,3)4/h7-10,13,15-16,18H,11-12,14H2,1-6H3/b22-15-. The van der Waals surface area contributed by atoms with Gasteiger partial charge >= 0.3 is 0 Å². The Morgan fingerprint density at radius 2 is 1.58 bits per heavy atom. The Balaban J connectivity index is 1.80. The number of aryl methyl sites for hydroxylation is 1. The molecule has 4 rings (SSSR count). The molecule has 1 unspecified atom stereocenters. The molecule has 0 aromatic heterocycles. The van der Waals surface area contributed by atoms with Crippen LogP contribution in [0.4, 0.5) is 0 Å². The summed E-state index contributed by atoms with van der Waals surface area (Å²) in [6.07, 6.45) is 6.17. The van der Waals surface area contributed by atoms with Crippen LogP contribution in [-0.4, -0.2) is 0 Å². The average molecular weight is 345 g/mol. The van der Waals surface area contributed by atoms with Crippen LogP contribution in [0.15, 0.2) is 36.4 Å². The lowest BCUT2D eigenvalue weighted by molar-refractivity contribution is 0.332. The molecule has 0 aliphatic heterocycles. The highest BCUT2D eigenvalue weighted by atomic mass is 14.4. The molecule has 2 aliphatic rings. The topological polar surface area (TPSA) is 0 Å². The van der Waals surface area contributed by atoms with Gasteiger partial charge in [-0.25, -0.2) is 0 Å². The molecule has 26 heavy (non-hydrogen) atoms. The number of fused-ring (bicyclic) bond motifs is 2. The second-order valence-corrected chi connectivity index (χ2v) is 9.94. The van der Waals surface area contributed by atoms with Crippen LogP contribution in [0.3, 0.4) is 0 Å². The van der Waals surface area contributed by atoms with Crippen molar-refractivity contribution in [1.82, 2.24) is 0 Å². The zero-order valence-corrected chi connectivity index (χ0v) is 17.2. The minimum Gasteiger partial charge on any atom is -0.0587 e. The molecule has 2 aliphatic carbocycles. The Labute approximate surface area is 159 Å². The third-order valence-corrected chi connectivity index (χ3v) is 6.83. The van der Waals surface area contributed by atoms with Gasteiger partial charge in [-0.2, -0.15) is 0 Å². The summed E-state index contributed by atoms with van der Waals surface area (Å²) >= 11 is 0. The first-order chi connectivity index (χ1) is 12.2. The highest BCUT2D eigenvalue weighted by molar-refractivity contribution is 5.87. The van der Waals surface area contributed by atoms with E-state index in [0.29, 0.717) is 11.3 Å². The zero-order valence-electron chi connectivity index (χ0n) is 17.2. The summed E-state index contributed by atoms with van der Waals surface area (Å²) in [5.41, 5.74) is 10.9. The summed E-state index contributed by atoms with van der Waals surface area (Å²) < 4.78 is 0. The van der Waals surface area contributed by atoms with Crippen LogP contribution >= 0.6 is 0 Å². The molecule has 0 fully saturated rings. The highest BCUT2D eigenvalue weighted by Crippen LogP contribution is 2.46. The summed E-state index contributed by atoms with van der Waals surface area (Å²) in [5, 5.41) is 0. The zero-order chi connectivity index (χ0) is 18.7. The molecule has 0 nitrogen and oxygen atoms in total. The molecule has 0 saturated carbocycles. The fourth-order valence-electron chi connectivity index (χ4n) is 4.97. The molecular formula is C26H32. The van der Waals surface area contributed by atoms with E-state index in [1.165, 1.54) is 47.1 Å². The number of hydrogen-bond donors (Lipinski definition) is 0. The van der Waals surface area contributed by atoms with E-state index >= 15 is 0 Å². The van der Waals surface area contributed by atoms with Crippen molar-refractivity contribution in [1.29, 1.82) is 0 Å². The number of rotatable bonds is 1. The maximum atomic E-state index is 2.47. The molecule has 0 heterocycles. The molecule has 0 N–H and O–H groups in total. The first-order valence-corrected chi connectivity index (χ1v) is 10.1. The predicted octanol–water partition coefficient (Wildman–Crippen LogP) is 7.08. The third kappa shape index (κ3) is 2.84. The van der Waals surface area contributed by atoms with Crippen LogP contribution in [0.1, 0.15) is 80.8 Å². The van der Waals surface area contributed by atoms with Gasteiger partial charge in [0.05, 0.1) is 0 Å². The van der Waals surface area contributed by atoms with Crippen LogP contribution in [0.5, 0.6) is 0 Å². The molecule has 1 atom stereocenters. The molecule has 0 heteroatoms. The van der Waals surface area contributed by atoms with Gasteiger partial charge in [-0.1, -0.05) is 82.7 Å². The van der Waals surface area contributed by atoms with Gasteiger partial charge in [0.2, 0.25) is 0 Å². The van der Waals surface area contributed by atoms with Gasteiger partial charge < -0.3 is 0 Å². The van der Waals surface area contributed by atoms with Crippen molar-refractivity contribution in [2.24, 2.45) is 5.92 Å². The Morgan fingerprint density at radius 1 is 0.885 bits per heavy atom. The van der Waals surface area contributed by atoms with Gasteiger partial charge in [0.15, 0.2) is 0 Å². The molecule has 136 valence electrons. The summed E-state index contributed by atoms with van der Waals surface area (Å²) in [4.78, 5) is 0. The number of allylic oxidation sites excluding steroid dienone is 1. The van der Waals surface area contributed by atoms with E-state index < -0.39 is 0 Å². The summed E-state index contributed by atoms with van der Waals surface area (Å²) in [6, 6.07) is 14.2. The lowest BCUT2D eigenvalue weighted by Crippen LogP contribution is -2.33. The fourth-order valence-corrected chi connectivity index (χ4v) is 4.97. The SMILES string of the molecule is Cc1ccc2c(c1)CC(C)/C2=C/c1ccc2c(c1)C(C)(C)CCC2(C)C. The summed E-state index contributed by atoms with van der Waals surface area (Å²) in [7, 11) is 0. The van der Waals surface area contributed by atoms with Crippen molar-refractivity contribution in [3.8, 4) is 0 Å². The van der Waals surface area contributed by atoms with Gasteiger partial charge in [0.25, 0.3) is 0 Å². The Kier molecular flexibility index (Phi) is 3.95. The fraction of sp³-hybridized carbons (Fsp3) is 0.462. The van der Waals surface area contributed by atoms with E-state index in [9.17, 15) is 0 Å². The minimum atomic E-state index is 0.273. The monoisotopic (exact) mass is 344 g/mol. The van der Waals surface area contributed by atoms with Crippen molar-refractivity contribution >= 4 is 11.6 Å². The Hall–Kier alpha value is -1.82. The van der Waals surface area contributed by atoms with Crippen molar-refractivity contribution in [2.45, 2.75) is 71.6 Å². The first-order valence-electron chi connectivity index (χ1n) is 10.1. The largest absolute Gasteiger partial charge is 0.0587 e. The van der Waals surface area contributed by atoms with Gasteiger partial charge in [0.1, 0.15) is 0 Å². The quantitative estimate of drug-likeness (QED) is 0.518. The second-order valence-electron chi connectivity index (χ2n) is 9.94. The lowest BCUT2D eigenvalue weighted by atomic mass is 9.63. The number of hydrogen-bond acceptors (Lipinski definition) is 0. The van der Waals surface area contributed by atoms with Crippen LogP contribution < -0.4 is 0 Å². The molecule has 0 bridgehead atoms. The normalized spacial score (nSPS) is 24.4. The molecule has 0 spiro atoms. The molecule has 0 radical (unpaired) electrons. The summed E-state index contributed by atoms with van der Waals surface area (Å²) in [6.45, 7) is 14.2. The Bertz CT molecular complexity index is 892. The van der Waals surface area contributed by atoms with Crippen LogP contribution in [0, 0.1) is 12.8 Å². The van der Waals surface area contributed by atoms with Crippen molar-refractivity contribution in [2.75, 3.05) is 0 Å². The lowest BCUT2D eigenvalue weighted by Gasteiger charge is -2.42. The van der Waals surface area contributed by atoms with Gasteiger partial charge in [0, 0.05) is 0 Å². The van der Waals surface area contributed by atoms with Gasteiger partial charge in [-0.3, -0.25) is 0 Å². The molecular weight excluding hydrogens is 312 g/mol. The van der Waals surface area contributed by atoms with E-state index in [1.807, 2.05) is 0 Å². The molecule has 0 saturated heterocycles. The molecule has 2 aromatic rings. The third-order valence-electron chi connectivity index (χ3n) is 6.83. The van der Waals surface area contributed by atoms with Gasteiger partial charge in [-0.05, 0) is 76.3 Å². The van der Waals surface area contributed by atoms with Crippen molar-refractivity contribution < 1.29 is 0 Å². The predicted molar refractivity (Wildman–Crippen MR) is 114 cm³/mol. The van der Waals surface area contributed by atoms with E-state index in [4.69, 9.17) is 0 Å². The van der Waals surface area contributed by atoms with E-state index in [0.717, 1.165) is 0 Å². The second kappa shape index (κ2) is 5.84. The maximum Gasteiger partial charge on any atom is -0.0100 e. The Morgan fingerprint density at radius 3 is 2.31 bits per heavy atom. The van der Waals surface area contributed by atoms with E-state index in [1.54, 1.807) is 11.1 Å². The van der Waals surface area contributed by atoms with Crippen molar-refractivity contribution in [3.63, 3.8) is 0 Å². The van der Waals surface area contributed by atoms with Gasteiger partial charge in [-0.15, -0.1) is 0 Å². The maximum absolute atomic E-state index is 2.47. The van der Waals surface area contributed by atoms with E-state index in [-0.39, 0.29) is 5.41 Å². The van der Waals surface area contributed by atoms with Crippen molar-refractivity contribution in [3.05, 3.63) is 69.8 Å². The minimum absolute atomic E-state index is 0.273. The molecule has 2 aromatic carbocycles. The van der Waals surface area contributed by atoms with Crippen LogP contribution in [0.2, 0.25) is 0 Å². The first kappa shape index (κ1) is 17.6. The van der Waals surface area contributed by atoms with Crippen LogP contribution in [0.25, 0.3) is 11.6 Å². The highest BCUT2D eigenvalue weighted by Gasteiger charge is 2.36. The summed E-state index contributed by atoms with van der Waals surface area (Å²) in [5.74, 6) is 0.604. The van der Waals surface area contributed by atoms with Crippen LogP contribution in [-0.2, 0) is 17.3 Å². The smallest absolute Gasteiger partial charge is 0.0100 e. The van der Waals surface area contributed by atoms with E-state index in [2.05, 4.69) is 84.0 Å².